The maximum Gasteiger partial charge on any atom is 0.262 e. The van der Waals surface area contributed by atoms with Crippen LogP contribution in [-0.2, 0) is 11.2 Å². The Labute approximate surface area is 160 Å². The van der Waals surface area contributed by atoms with Gasteiger partial charge in [-0.1, -0.05) is 67.6 Å². The molecule has 0 heterocycles. The molecule has 2 N–H and O–H groups in total. The van der Waals surface area contributed by atoms with Crippen molar-refractivity contribution in [2.24, 2.45) is 5.10 Å². The summed E-state index contributed by atoms with van der Waals surface area (Å²) >= 11 is 0. The van der Waals surface area contributed by atoms with Gasteiger partial charge in [0, 0.05) is 17.8 Å². The molecule has 0 spiro atoms. The molecule has 3 rings (SSSR count). The summed E-state index contributed by atoms with van der Waals surface area (Å²) in [6, 6.07) is 24.0. The van der Waals surface area contributed by atoms with Gasteiger partial charge in [-0.2, -0.15) is 5.10 Å². The maximum absolute atomic E-state index is 12.4. The molecule has 0 saturated heterocycles. The Bertz CT molecular complexity index is 935. The summed E-state index contributed by atoms with van der Waals surface area (Å²) < 4.78 is 0. The molecule has 4 heteroatoms. The average molecular weight is 359 g/mol. The molecule has 4 nitrogen and oxygen atoms in total. The number of hydrogen-bond donors (Lipinski definition) is 2. The minimum atomic E-state index is -0.384. The molecule has 3 aromatic rings. The summed E-state index contributed by atoms with van der Waals surface area (Å²) in [5.41, 5.74) is 5.76. The van der Waals surface area contributed by atoms with Crippen molar-refractivity contribution >= 4 is 28.1 Å². The van der Waals surface area contributed by atoms with Crippen molar-refractivity contribution in [3.05, 3.63) is 78.4 Å². The fourth-order valence-corrected chi connectivity index (χ4v) is 2.90. The number of nitrogens with one attached hydrogen (secondary N) is 2. The van der Waals surface area contributed by atoms with Gasteiger partial charge in [0.1, 0.15) is 6.04 Å². The normalized spacial score (nSPS) is 12.6. The van der Waals surface area contributed by atoms with Gasteiger partial charge < -0.3 is 5.32 Å². The lowest BCUT2D eigenvalue weighted by molar-refractivity contribution is -0.121. The van der Waals surface area contributed by atoms with Crippen molar-refractivity contribution in [2.75, 3.05) is 5.32 Å². The number of fused-ring (bicyclic) bond motifs is 1. The lowest BCUT2D eigenvalue weighted by Crippen LogP contribution is -2.35. The van der Waals surface area contributed by atoms with E-state index in [9.17, 15) is 4.79 Å². The van der Waals surface area contributed by atoms with E-state index < -0.39 is 0 Å². The second-order valence-electron chi connectivity index (χ2n) is 6.60. The number of rotatable bonds is 7. The maximum atomic E-state index is 12.4. The monoisotopic (exact) mass is 359 g/mol. The molecule has 0 aromatic heterocycles. The zero-order valence-electron chi connectivity index (χ0n) is 15.8. The first-order valence-electron chi connectivity index (χ1n) is 9.30. The summed E-state index contributed by atoms with van der Waals surface area (Å²) in [6.07, 6.45) is 1.53. The van der Waals surface area contributed by atoms with Crippen molar-refractivity contribution in [1.29, 1.82) is 0 Å². The zero-order chi connectivity index (χ0) is 19.1. The minimum Gasteiger partial charge on any atom is -0.374 e. The van der Waals surface area contributed by atoms with Gasteiger partial charge in [-0.15, -0.1) is 0 Å². The lowest BCUT2D eigenvalue weighted by Gasteiger charge is -2.14. The van der Waals surface area contributed by atoms with Crippen LogP contribution in [0.25, 0.3) is 10.8 Å². The number of anilines is 1. The first-order valence-corrected chi connectivity index (χ1v) is 9.30. The van der Waals surface area contributed by atoms with Gasteiger partial charge >= 0.3 is 0 Å². The van der Waals surface area contributed by atoms with E-state index in [4.69, 9.17) is 0 Å². The van der Waals surface area contributed by atoms with Crippen molar-refractivity contribution in [2.45, 2.75) is 32.7 Å². The number of nitrogens with zero attached hydrogens (tertiary/aromatic N) is 1. The number of carbonyl (C=O) groups excluding carboxylic acids is 1. The highest BCUT2D eigenvalue weighted by Gasteiger charge is 2.12. The van der Waals surface area contributed by atoms with Crippen LogP contribution >= 0.6 is 0 Å². The highest BCUT2D eigenvalue weighted by atomic mass is 16.2. The number of carbonyl (C=O) groups is 1. The summed E-state index contributed by atoms with van der Waals surface area (Å²) in [4.78, 5) is 12.4. The largest absolute Gasteiger partial charge is 0.374 e. The van der Waals surface area contributed by atoms with E-state index in [0.717, 1.165) is 29.6 Å². The Balaban J connectivity index is 1.60. The van der Waals surface area contributed by atoms with E-state index in [1.165, 1.54) is 10.9 Å². The van der Waals surface area contributed by atoms with E-state index in [-0.39, 0.29) is 11.9 Å². The predicted octanol–water partition coefficient (Wildman–Crippen LogP) is 4.77. The molecule has 0 aliphatic heterocycles. The first-order chi connectivity index (χ1) is 13.2. The Kier molecular flexibility index (Phi) is 6.21. The SMILES string of the molecule is CCC(Cc1ccccc1)=NNC(=O)C(C)Nc1ccc2ccccc2c1. The molecule has 1 amide bonds. The van der Waals surface area contributed by atoms with Crippen LogP contribution in [0.5, 0.6) is 0 Å². The predicted molar refractivity (Wildman–Crippen MR) is 113 cm³/mol. The third kappa shape index (κ3) is 5.17. The summed E-state index contributed by atoms with van der Waals surface area (Å²) in [5, 5.41) is 9.89. The molecule has 0 saturated carbocycles. The van der Waals surface area contributed by atoms with E-state index in [1.807, 2.05) is 50.2 Å². The second-order valence-corrected chi connectivity index (χ2v) is 6.60. The van der Waals surface area contributed by atoms with Gasteiger partial charge in [-0.05, 0) is 41.8 Å². The van der Waals surface area contributed by atoms with Gasteiger partial charge in [0.2, 0.25) is 0 Å². The number of hydrogen-bond acceptors (Lipinski definition) is 3. The van der Waals surface area contributed by atoms with Crippen LogP contribution in [0.3, 0.4) is 0 Å². The smallest absolute Gasteiger partial charge is 0.262 e. The van der Waals surface area contributed by atoms with E-state index in [0.29, 0.717) is 0 Å². The van der Waals surface area contributed by atoms with Gasteiger partial charge in [0.15, 0.2) is 0 Å². The third-order valence-electron chi connectivity index (χ3n) is 4.51. The standard InChI is InChI=1S/C23H25N3O/c1-3-21(15-18-9-5-4-6-10-18)25-26-23(27)17(2)24-22-14-13-19-11-7-8-12-20(19)16-22/h4-14,16-17,24H,3,15H2,1-2H3,(H,26,27). The Morgan fingerprint density at radius 1 is 0.963 bits per heavy atom. The van der Waals surface area contributed by atoms with Crippen molar-refractivity contribution in [3.63, 3.8) is 0 Å². The lowest BCUT2D eigenvalue weighted by atomic mass is 10.1. The molecule has 0 aliphatic carbocycles. The van der Waals surface area contributed by atoms with Crippen LogP contribution in [0, 0.1) is 0 Å². The zero-order valence-corrected chi connectivity index (χ0v) is 15.8. The first kappa shape index (κ1) is 18.6. The molecule has 0 bridgehead atoms. The fourth-order valence-electron chi connectivity index (χ4n) is 2.90. The molecule has 3 aromatic carbocycles. The molecular weight excluding hydrogens is 334 g/mol. The second kappa shape index (κ2) is 8.99. The molecule has 1 atom stereocenters. The molecule has 1 unspecified atom stereocenters. The van der Waals surface area contributed by atoms with E-state index in [1.54, 1.807) is 0 Å². The Hall–Kier alpha value is -3.14. The molecular formula is C23H25N3O. The van der Waals surface area contributed by atoms with Crippen LogP contribution in [0.15, 0.2) is 77.9 Å². The Morgan fingerprint density at radius 3 is 2.41 bits per heavy atom. The van der Waals surface area contributed by atoms with Crippen LogP contribution in [0.2, 0.25) is 0 Å². The van der Waals surface area contributed by atoms with Gasteiger partial charge in [0.25, 0.3) is 5.91 Å². The number of amides is 1. The van der Waals surface area contributed by atoms with Crippen molar-refractivity contribution < 1.29 is 4.79 Å². The van der Waals surface area contributed by atoms with E-state index >= 15 is 0 Å². The molecule has 27 heavy (non-hydrogen) atoms. The van der Waals surface area contributed by atoms with Gasteiger partial charge in [-0.25, -0.2) is 5.43 Å². The van der Waals surface area contributed by atoms with Gasteiger partial charge in [-0.3, -0.25) is 4.79 Å². The van der Waals surface area contributed by atoms with Crippen LogP contribution in [0.1, 0.15) is 25.8 Å². The molecule has 138 valence electrons. The van der Waals surface area contributed by atoms with Crippen LogP contribution < -0.4 is 10.7 Å². The van der Waals surface area contributed by atoms with Crippen LogP contribution in [-0.4, -0.2) is 17.7 Å². The van der Waals surface area contributed by atoms with E-state index in [2.05, 4.69) is 52.2 Å². The summed E-state index contributed by atoms with van der Waals surface area (Å²) in [5.74, 6) is -0.151. The van der Waals surface area contributed by atoms with Crippen LogP contribution in [0.4, 0.5) is 5.69 Å². The number of benzene rings is 3. The Morgan fingerprint density at radius 2 is 1.67 bits per heavy atom. The molecule has 0 aliphatic rings. The van der Waals surface area contributed by atoms with Crippen molar-refractivity contribution in [1.82, 2.24) is 5.43 Å². The fraction of sp³-hybridized carbons (Fsp3) is 0.217. The van der Waals surface area contributed by atoms with Gasteiger partial charge in [0.05, 0.1) is 0 Å². The number of hydrazone groups is 1. The molecule has 0 radical (unpaired) electrons. The third-order valence-corrected chi connectivity index (χ3v) is 4.51. The molecule has 0 fully saturated rings. The quantitative estimate of drug-likeness (QED) is 0.472. The minimum absolute atomic E-state index is 0.151. The van der Waals surface area contributed by atoms with Crippen molar-refractivity contribution in [3.8, 4) is 0 Å². The topological polar surface area (TPSA) is 53.5 Å². The highest BCUT2D eigenvalue weighted by Crippen LogP contribution is 2.19. The summed E-state index contributed by atoms with van der Waals surface area (Å²) in [6.45, 7) is 3.88. The highest BCUT2D eigenvalue weighted by molar-refractivity contribution is 5.90. The average Bonchev–Trinajstić information content (AvgIpc) is 2.71. The summed E-state index contributed by atoms with van der Waals surface area (Å²) in [7, 11) is 0.